The zero-order valence-corrected chi connectivity index (χ0v) is 11.3. The molecule has 1 aromatic heterocycles. The number of nitrogens with one attached hydrogen (secondary N) is 1. The van der Waals surface area contributed by atoms with Crippen molar-refractivity contribution in [2.45, 2.75) is 6.61 Å². The van der Waals surface area contributed by atoms with E-state index in [0.29, 0.717) is 21.7 Å². The lowest BCUT2D eigenvalue weighted by molar-refractivity contribution is 0.282. The van der Waals surface area contributed by atoms with Gasteiger partial charge in [0.2, 0.25) is 0 Å². The Kier molecular flexibility index (Phi) is 3.97. The molecule has 18 heavy (non-hydrogen) atoms. The third-order valence-corrected chi connectivity index (χ3v) is 3.82. The van der Waals surface area contributed by atoms with Crippen LogP contribution in [-0.2, 0) is 6.61 Å². The van der Waals surface area contributed by atoms with Gasteiger partial charge in [-0.3, -0.25) is 4.79 Å². The first-order valence-corrected chi connectivity index (χ1v) is 6.15. The van der Waals surface area contributed by atoms with Gasteiger partial charge >= 0.3 is 0 Å². The van der Waals surface area contributed by atoms with Crippen molar-refractivity contribution in [2.75, 3.05) is 0 Å². The minimum atomic E-state index is -0.346. The van der Waals surface area contributed by atoms with Gasteiger partial charge in [0.15, 0.2) is 0 Å². The fourth-order valence-corrected chi connectivity index (χ4v) is 2.30. The standard InChI is InChI=1S/C12H8Cl3NO2/c13-8-2-1-7(10(14)11(8)15)9-6(5-17)3-4-16-12(9)18/h1-4,17H,5H2,(H,16,18). The highest BCUT2D eigenvalue weighted by Gasteiger charge is 2.15. The van der Waals surface area contributed by atoms with Crippen LogP contribution in [0.1, 0.15) is 5.56 Å². The van der Waals surface area contributed by atoms with E-state index in [-0.39, 0.29) is 22.2 Å². The Bertz CT molecular complexity index is 652. The van der Waals surface area contributed by atoms with E-state index in [0.717, 1.165) is 0 Å². The maximum atomic E-state index is 11.8. The van der Waals surface area contributed by atoms with Crippen LogP contribution in [0.25, 0.3) is 11.1 Å². The normalized spacial score (nSPS) is 10.7. The molecular weight excluding hydrogens is 296 g/mol. The van der Waals surface area contributed by atoms with Gasteiger partial charge < -0.3 is 10.1 Å². The highest BCUT2D eigenvalue weighted by atomic mass is 35.5. The summed E-state index contributed by atoms with van der Waals surface area (Å²) in [6.07, 6.45) is 1.46. The number of benzene rings is 1. The molecule has 0 aliphatic rings. The summed E-state index contributed by atoms with van der Waals surface area (Å²) in [6, 6.07) is 4.76. The SMILES string of the molecule is O=c1[nH]ccc(CO)c1-c1ccc(Cl)c(Cl)c1Cl. The van der Waals surface area contributed by atoms with Crippen molar-refractivity contribution in [3.8, 4) is 11.1 Å². The van der Waals surface area contributed by atoms with Gasteiger partial charge in [-0.1, -0.05) is 40.9 Å². The molecule has 6 heteroatoms. The number of aromatic nitrogens is 1. The number of aliphatic hydroxyl groups is 1. The Morgan fingerprint density at radius 1 is 1.11 bits per heavy atom. The average molecular weight is 305 g/mol. The predicted molar refractivity (Wildman–Crippen MR) is 73.5 cm³/mol. The number of rotatable bonds is 2. The van der Waals surface area contributed by atoms with Crippen LogP contribution in [0, 0.1) is 0 Å². The Morgan fingerprint density at radius 3 is 2.50 bits per heavy atom. The lowest BCUT2D eigenvalue weighted by Gasteiger charge is -2.10. The minimum absolute atomic E-state index is 0.183. The quantitative estimate of drug-likeness (QED) is 0.834. The maximum Gasteiger partial charge on any atom is 0.256 e. The van der Waals surface area contributed by atoms with Crippen LogP contribution in [-0.4, -0.2) is 10.1 Å². The maximum absolute atomic E-state index is 11.8. The highest BCUT2D eigenvalue weighted by Crippen LogP contribution is 2.37. The lowest BCUT2D eigenvalue weighted by Crippen LogP contribution is -2.11. The second kappa shape index (κ2) is 5.33. The number of halogens is 3. The van der Waals surface area contributed by atoms with E-state index in [9.17, 15) is 9.90 Å². The molecule has 0 aliphatic heterocycles. The van der Waals surface area contributed by atoms with Crippen molar-refractivity contribution in [3.05, 3.63) is 55.4 Å². The molecule has 0 fully saturated rings. The molecule has 0 amide bonds. The molecule has 0 atom stereocenters. The van der Waals surface area contributed by atoms with E-state index >= 15 is 0 Å². The summed E-state index contributed by atoms with van der Waals surface area (Å²) >= 11 is 17.9. The monoisotopic (exact) mass is 303 g/mol. The first-order valence-electron chi connectivity index (χ1n) is 5.01. The van der Waals surface area contributed by atoms with Crippen molar-refractivity contribution >= 4 is 34.8 Å². The fraction of sp³-hybridized carbons (Fsp3) is 0.0833. The predicted octanol–water partition coefficient (Wildman–Crippen LogP) is 3.49. The van der Waals surface area contributed by atoms with E-state index in [1.807, 2.05) is 0 Å². The summed E-state index contributed by atoms with van der Waals surface area (Å²) < 4.78 is 0. The van der Waals surface area contributed by atoms with Gasteiger partial charge in [0.1, 0.15) is 0 Å². The first-order chi connectivity index (χ1) is 8.56. The third-order valence-electron chi connectivity index (χ3n) is 2.52. The molecule has 0 spiro atoms. The van der Waals surface area contributed by atoms with Crippen LogP contribution in [0.15, 0.2) is 29.2 Å². The van der Waals surface area contributed by atoms with Gasteiger partial charge in [-0.05, 0) is 17.7 Å². The van der Waals surface area contributed by atoms with Crippen molar-refractivity contribution in [1.82, 2.24) is 4.98 Å². The van der Waals surface area contributed by atoms with Crippen LogP contribution < -0.4 is 5.56 Å². The van der Waals surface area contributed by atoms with Crippen molar-refractivity contribution in [2.24, 2.45) is 0 Å². The van der Waals surface area contributed by atoms with Gasteiger partial charge in [0, 0.05) is 11.8 Å². The van der Waals surface area contributed by atoms with E-state index in [1.54, 1.807) is 18.2 Å². The molecule has 1 aromatic carbocycles. The number of hydrogen-bond donors (Lipinski definition) is 2. The molecular formula is C12H8Cl3NO2. The van der Waals surface area contributed by atoms with Gasteiger partial charge in [0.05, 0.1) is 27.2 Å². The van der Waals surface area contributed by atoms with Crippen LogP contribution in [0.5, 0.6) is 0 Å². The van der Waals surface area contributed by atoms with Gasteiger partial charge in [-0.2, -0.15) is 0 Å². The average Bonchev–Trinajstić information content (AvgIpc) is 2.37. The molecule has 0 saturated carbocycles. The van der Waals surface area contributed by atoms with Crippen LogP contribution >= 0.6 is 34.8 Å². The molecule has 0 radical (unpaired) electrons. The molecule has 2 N–H and O–H groups in total. The third kappa shape index (κ3) is 2.27. The topological polar surface area (TPSA) is 53.1 Å². The van der Waals surface area contributed by atoms with E-state index in [4.69, 9.17) is 34.8 Å². The summed E-state index contributed by atoms with van der Waals surface area (Å²) in [5.74, 6) is 0. The molecule has 2 rings (SSSR count). The first kappa shape index (κ1) is 13.4. The van der Waals surface area contributed by atoms with Crippen LogP contribution in [0.2, 0.25) is 15.1 Å². The van der Waals surface area contributed by atoms with Gasteiger partial charge in [-0.15, -0.1) is 0 Å². The van der Waals surface area contributed by atoms with E-state index < -0.39 is 0 Å². The molecule has 0 bridgehead atoms. The van der Waals surface area contributed by atoms with Gasteiger partial charge in [0.25, 0.3) is 5.56 Å². The minimum Gasteiger partial charge on any atom is -0.392 e. The zero-order valence-electron chi connectivity index (χ0n) is 9.01. The molecule has 0 saturated heterocycles. The van der Waals surface area contributed by atoms with Crippen molar-refractivity contribution in [1.29, 1.82) is 0 Å². The summed E-state index contributed by atoms with van der Waals surface area (Å²) in [6.45, 7) is -0.268. The molecule has 94 valence electrons. The zero-order chi connectivity index (χ0) is 13.3. The number of aliphatic hydroxyl groups excluding tert-OH is 1. The smallest absolute Gasteiger partial charge is 0.256 e. The largest absolute Gasteiger partial charge is 0.392 e. The Labute approximate surface area is 118 Å². The fourth-order valence-electron chi connectivity index (χ4n) is 1.67. The molecule has 0 unspecified atom stereocenters. The summed E-state index contributed by atoms with van der Waals surface area (Å²) in [5.41, 5.74) is 0.862. The van der Waals surface area contributed by atoms with E-state index in [1.165, 1.54) is 6.20 Å². The molecule has 2 aromatic rings. The second-order valence-electron chi connectivity index (χ2n) is 3.59. The number of pyridine rings is 1. The Hall–Kier alpha value is -1.000. The number of H-pyrrole nitrogens is 1. The van der Waals surface area contributed by atoms with E-state index in [2.05, 4.69) is 4.98 Å². The highest BCUT2D eigenvalue weighted by molar-refractivity contribution is 6.49. The lowest BCUT2D eigenvalue weighted by atomic mass is 10.0. The molecule has 3 nitrogen and oxygen atoms in total. The van der Waals surface area contributed by atoms with Crippen LogP contribution in [0.4, 0.5) is 0 Å². The van der Waals surface area contributed by atoms with Gasteiger partial charge in [-0.25, -0.2) is 0 Å². The molecule has 1 heterocycles. The van der Waals surface area contributed by atoms with Crippen molar-refractivity contribution < 1.29 is 5.11 Å². The summed E-state index contributed by atoms with van der Waals surface area (Å²) in [7, 11) is 0. The van der Waals surface area contributed by atoms with Crippen LogP contribution in [0.3, 0.4) is 0 Å². The summed E-state index contributed by atoms with van der Waals surface area (Å²) in [4.78, 5) is 14.4. The second-order valence-corrected chi connectivity index (χ2v) is 4.75. The Balaban J connectivity index is 2.78. The Morgan fingerprint density at radius 2 is 1.83 bits per heavy atom. The molecule has 0 aliphatic carbocycles. The number of aromatic amines is 1. The van der Waals surface area contributed by atoms with Crippen molar-refractivity contribution in [3.63, 3.8) is 0 Å². The summed E-state index contributed by atoms with van der Waals surface area (Å²) in [5, 5.41) is 9.95. The number of hydrogen-bond acceptors (Lipinski definition) is 2.